The summed E-state index contributed by atoms with van der Waals surface area (Å²) in [5, 5.41) is 2.48. The van der Waals surface area contributed by atoms with Gasteiger partial charge in [-0.15, -0.1) is 0 Å². The molecule has 2 aromatic heterocycles. The smallest absolute Gasteiger partial charge is 0.286 e. The monoisotopic (exact) mass is 492 g/mol. The predicted molar refractivity (Wildman–Crippen MR) is 115 cm³/mol. The van der Waals surface area contributed by atoms with E-state index in [4.69, 9.17) is 4.84 Å². The van der Waals surface area contributed by atoms with Gasteiger partial charge in [0.05, 0.1) is 23.0 Å². The Morgan fingerprint density at radius 3 is 2.81 bits per heavy atom. The molecule has 162 valence electrons. The molecule has 0 fully saturated rings. The Balaban J connectivity index is 1.79. The van der Waals surface area contributed by atoms with Crippen LogP contribution in [0.5, 0.6) is 0 Å². The van der Waals surface area contributed by atoms with E-state index in [9.17, 15) is 18.4 Å². The van der Waals surface area contributed by atoms with E-state index in [2.05, 4.69) is 36.7 Å². The highest BCUT2D eigenvalue weighted by molar-refractivity contribution is 9.10. The highest BCUT2D eigenvalue weighted by atomic mass is 79.9. The van der Waals surface area contributed by atoms with Crippen LogP contribution in [0.3, 0.4) is 0 Å². The van der Waals surface area contributed by atoms with E-state index in [0.29, 0.717) is 17.3 Å². The van der Waals surface area contributed by atoms with Crippen molar-refractivity contribution in [1.29, 1.82) is 0 Å². The molecule has 0 saturated heterocycles. The molecule has 3 rings (SSSR count). The SMILES string of the molecule is CCC(Cc1cccnc1)ONC(=O)c1c[nH]c(=O)c(F)c1Nc1ccc(Br)cc1F. The fourth-order valence-corrected chi connectivity index (χ4v) is 3.11. The average Bonchev–Trinajstić information content (AvgIpc) is 2.76. The molecule has 3 aromatic rings. The molecule has 0 aliphatic heterocycles. The molecule has 0 bridgehead atoms. The number of nitrogens with zero attached hydrogens (tertiary/aromatic N) is 1. The third-order valence-corrected chi connectivity index (χ3v) is 4.92. The minimum atomic E-state index is -1.25. The number of benzene rings is 1. The highest BCUT2D eigenvalue weighted by Gasteiger charge is 2.21. The molecular formula is C21H19BrF2N4O3. The lowest BCUT2D eigenvalue weighted by molar-refractivity contribution is -0.0171. The van der Waals surface area contributed by atoms with Crippen molar-refractivity contribution >= 4 is 33.2 Å². The second-order valence-electron chi connectivity index (χ2n) is 6.61. The molecule has 1 amide bonds. The van der Waals surface area contributed by atoms with Crippen LogP contribution in [0.4, 0.5) is 20.2 Å². The quantitative estimate of drug-likeness (QED) is 0.408. The third-order valence-electron chi connectivity index (χ3n) is 4.43. The van der Waals surface area contributed by atoms with Crippen molar-refractivity contribution in [3.05, 3.63) is 86.5 Å². The van der Waals surface area contributed by atoms with E-state index in [0.717, 1.165) is 11.8 Å². The van der Waals surface area contributed by atoms with Crippen molar-refractivity contribution in [2.24, 2.45) is 0 Å². The lowest BCUT2D eigenvalue weighted by Gasteiger charge is -2.17. The minimum Gasteiger partial charge on any atom is -0.350 e. The number of carbonyl (C=O) groups is 1. The van der Waals surface area contributed by atoms with Crippen LogP contribution in [0.1, 0.15) is 29.3 Å². The molecule has 3 N–H and O–H groups in total. The summed E-state index contributed by atoms with van der Waals surface area (Å²) in [6.45, 7) is 1.89. The number of amides is 1. The van der Waals surface area contributed by atoms with Crippen LogP contribution in [0.15, 0.2) is 58.2 Å². The van der Waals surface area contributed by atoms with Gasteiger partial charge in [0.25, 0.3) is 11.5 Å². The van der Waals surface area contributed by atoms with Gasteiger partial charge in [-0.2, -0.15) is 4.39 Å². The van der Waals surface area contributed by atoms with Crippen LogP contribution in [-0.4, -0.2) is 22.0 Å². The summed E-state index contributed by atoms with van der Waals surface area (Å²) in [5.41, 5.74) is 1.32. The Labute approximate surface area is 184 Å². The molecular weight excluding hydrogens is 474 g/mol. The number of anilines is 2. The normalized spacial score (nSPS) is 11.7. The maximum atomic E-state index is 14.5. The van der Waals surface area contributed by atoms with Crippen molar-refractivity contribution in [2.45, 2.75) is 25.9 Å². The highest BCUT2D eigenvalue weighted by Crippen LogP contribution is 2.26. The fraction of sp³-hybridized carbons (Fsp3) is 0.190. The van der Waals surface area contributed by atoms with Crippen LogP contribution in [0.25, 0.3) is 0 Å². The van der Waals surface area contributed by atoms with Crippen LogP contribution < -0.4 is 16.4 Å². The van der Waals surface area contributed by atoms with Gasteiger partial charge in [-0.3, -0.25) is 19.4 Å². The molecule has 31 heavy (non-hydrogen) atoms. The van der Waals surface area contributed by atoms with Crippen LogP contribution in [-0.2, 0) is 11.3 Å². The van der Waals surface area contributed by atoms with Gasteiger partial charge in [-0.05, 0) is 36.2 Å². The third kappa shape index (κ3) is 5.74. The number of aromatic amines is 1. The Morgan fingerprint density at radius 1 is 1.32 bits per heavy atom. The number of carbonyl (C=O) groups excluding carboxylic acids is 1. The molecule has 10 heteroatoms. The number of hydroxylamine groups is 1. The molecule has 0 aliphatic rings. The van der Waals surface area contributed by atoms with Crippen molar-refractivity contribution in [3.63, 3.8) is 0 Å². The predicted octanol–water partition coefficient (Wildman–Crippen LogP) is 4.24. The Bertz CT molecular complexity index is 1130. The van der Waals surface area contributed by atoms with Gasteiger partial charge < -0.3 is 10.3 Å². The first-order chi connectivity index (χ1) is 14.9. The topological polar surface area (TPSA) is 96.1 Å². The van der Waals surface area contributed by atoms with E-state index in [1.165, 1.54) is 18.2 Å². The molecule has 7 nitrogen and oxygen atoms in total. The largest absolute Gasteiger partial charge is 0.350 e. The summed E-state index contributed by atoms with van der Waals surface area (Å²) in [7, 11) is 0. The number of aromatic nitrogens is 2. The lowest BCUT2D eigenvalue weighted by Crippen LogP contribution is -2.32. The molecule has 2 heterocycles. The number of rotatable bonds is 8. The maximum absolute atomic E-state index is 14.5. The Hall–Kier alpha value is -3.11. The summed E-state index contributed by atoms with van der Waals surface area (Å²) in [4.78, 5) is 36.0. The number of H-pyrrole nitrogens is 1. The second-order valence-corrected chi connectivity index (χ2v) is 7.53. The van der Waals surface area contributed by atoms with E-state index in [1.54, 1.807) is 18.5 Å². The van der Waals surface area contributed by atoms with Crippen LogP contribution >= 0.6 is 15.9 Å². The van der Waals surface area contributed by atoms with E-state index < -0.39 is 28.8 Å². The molecule has 1 atom stereocenters. The van der Waals surface area contributed by atoms with Gasteiger partial charge in [0.2, 0.25) is 5.82 Å². The zero-order valence-corrected chi connectivity index (χ0v) is 18.0. The summed E-state index contributed by atoms with van der Waals surface area (Å²) < 4.78 is 29.2. The molecule has 1 aromatic carbocycles. The fourth-order valence-electron chi connectivity index (χ4n) is 2.77. The zero-order chi connectivity index (χ0) is 22.4. The minimum absolute atomic E-state index is 0.106. The number of nitrogens with one attached hydrogen (secondary N) is 3. The summed E-state index contributed by atoms with van der Waals surface area (Å²) in [6.07, 6.45) is 5.11. The summed E-state index contributed by atoms with van der Waals surface area (Å²) in [6, 6.07) is 7.72. The van der Waals surface area contributed by atoms with Gasteiger partial charge in [0.15, 0.2) is 0 Å². The van der Waals surface area contributed by atoms with Gasteiger partial charge in [-0.25, -0.2) is 9.87 Å². The lowest BCUT2D eigenvalue weighted by atomic mass is 10.1. The van der Waals surface area contributed by atoms with Crippen LogP contribution in [0.2, 0.25) is 0 Å². The standard InChI is InChI=1S/C21H19BrF2N4O3/c1-2-14(8-12-4-3-7-25-10-12)31-28-20(29)15-11-26-21(30)18(24)19(15)27-17-6-5-13(22)9-16(17)23/h3-7,9-11,14H,2,8H2,1H3,(H,28,29)(H2,26,27,30). The van der Waals surface area contributed by atoms with Gasteiger partial charge in [-0.1, -0.05) is 28.9 Å². The summed E-state index contributed by atoms with van der Waals surface area (Å²) in [5.74, 6) is -2.75. The van der Waals surface area contributed by atoms with E-state index in [-0.39, 0.29) is 17.4 Å². The Morgan fingerprint density at radius 2 is 2.13 bits per heavy atom. The molecule has 0 radical (unpaired) electrons. The number of hydrogen-bond acceptors (Lipinski definition) is 5. The summed E-state index contributed by atoms with van der Waals surface area (Å²) >= 11 is 3.13. The van der Waals surface area contributed by atoms with Crippen LogP contribution in [0, 0.1) is 11.6 Å². The maximum Gasteiger partial charge on any atom is 0.286 e. The number of halogens is 3. The van der Waals surface area contributed by atoms with Crippen molar-refractivity contribution in [1.82, 2.24) is 15.4 Å². The second kappa shape index (κ2) is 10.3. The Kier molecular flexibility index (Phi) is 7.48. The number of hydrogen-bond donors (Lipinski definition) is 3. The van der Waals surface area contributed by atoms with E-state index >= 15 is 0 Å². The number of pyridine rings is 2. The molecule has 0 saturated carbocycles. The van der Waals surface area contributed by atoms with Gasteiger partial charge in [0.1, 0.15) is 5.82 Å². The van der Waals surface area contributed by atoms with E-state index in [1.807, 2.05) is 13.0 Å². The zero-order valence-electron chi connectivity index (χ0n) is 16.4. The van der Waals surface area contributed by atoms with Gasteiger partial charge >= 0.3 is 0 Å². The first kappa shape index (κ1) is 22.6. The van der Waals surface area contributed by atoms with Gasteiger partial charge in [0, 0.05) is 29.5 Å². The van der Waals surface area contributed by atoms with Crippen molar-refractivity contribution in [2.75, 3.05) is 5.32 Å². The molecule has 0 spiro atoms. The van der Waals surface area contributed by atoms with Crippen molar-refractivity contribution in [3.8, 4) is 0 Å². The average molecular weight is 493 g/mol. The molecule has 0 aliphatic carbocycles. The molecule has 1 unspecified atom stereocenters. The first-order valence-corrected chi connectivity index (χ1v) is 10.2. The first-order valence-electron chi connectivity index (χ1n) is 9.37. The van der Waals surface area contributed by atoms with Crippen molar-refractivity contribution < 1.29 is 18.4 Å².